The summed E-state index contributed by atoms with van der Waals surface area (Å²) in [4.78, 5) is 7.06. The fourth-order valence-electron chi connectivity index (χ4n) is 2.97. The molecular weight excluding hydrogens is 236 g/mol. The summed E-state index contributed by atoms with van der Waals surface area (Å²) < 4.78 is 2.20. The Bertz CT molecular complexity index is 560. The highest BCUT2D eigenvalue weighted by Gasteiger charge is 2.20. The third-order valence-corrected chi connectivity index (χ3v) is 4.24. The quantitative estimate of drug-likeness (QED) is 0.913. The first-order valence-corrected chi connectivity index (χ1v) is 7.13. The van der Waals surface area contributed by atoms with Gasteiger partial charge in [0.2, 0.25) is 0 Å². The van der Waals surface area contributed by atoms with Crippen molar-refractivity contribution >= 4 is 5.52 Å². The molecule has 0 amide bonds. The Morgan fingerprint density at radius 3 is 3.05 bits per heavy atom. The Balaban J connectivity index is 1.87. The number of likely N-dealkylation sites (tertiary alicyclic amines) is 1. The second-order valence-electron chi connectivity index (χ2n) is 5.55. The van der Waals surface area contributed by atoms with Crippen molar-refractivity contribution in [2.24, 2.45) is 5.73 Å². The molecule has 2 N–H and O–H groups in total. The third-order valence-electron chi connectivity index (χ3n) is 4.24. The molecule has 1 unspecified atom stereocenters. The van der Waals surface area contributed by atoms with Crippen molar-refractivity contribution in [3.05, 3.63) is 35.9 Å². The molecule has 1 fully saturated rings. The molecule has 2 aromatic rings. The number of aromatic nitrogens is 2. The molecule has 2 aromatic heterocycles. The molecule has 4 heteroatoms. The van der Waals surface area contributed by atoms with Crippen LogP contribution in [0.3, 0.4) is 0 Å². The van der Waals surface area contributed by atoms with E-state index in [9.17, 15) is 0 Å². The van der Waals surface area contributed by atoms with Crippen molar-refractivity contribution in [1.29, 1.82) is 0 Å². The number of imidazole rings is 1. The molecule has 1 atom stereocenters. The lowest BCUT2D eigenvalue weighted by Gasteiger charge is -2.32. The molecular formula is C15H22N4. The summed E-state index contributed by atoms with van der Waals surface area (Å²) >= 11 is 0. The number of rotatable bonds is 3. The molecule has 3 heterocycles. The van der Waals surface area contributed by atoms with Crippen LogP contribution in [0, 0.1) is 0 Å². The van der Waals surface area contributed by atoms with E-state index in [1.54, 1.807) is 0 Å². The smallest absolute Gasteiger partial charge is 0.114 e. The summed E-state index contributed by atoms with van der Waals surface area (Å²) in [5.74, 6) is 1.16. The molecule has 3 rings (SSSR count). The molecule has 0 radical (unpaired) electrons. The first-order valence-electron chi connectivity index (χ1n) is 7.13. The number of likely N-dealkylation sites (N-methyl/N-ethyl adjacent to an activating group) is 1. The van der Waals surface area contributed by atoms with Crippen molar-refractivity contribution < 1.29 is 0 Å². The summed E-state index contributed by atoms with van der Waals surface area (Å²) in [7, 11) is 2.23. The Labute approximate surface area is 114 Å². The largest absolute Gasteiger partial charge is 0.326 e. The van der Waals surface area contributed by atoms with E-state index in [4.69, 9.17) is 5.73 Å². The van der Waals surface area contributed by atoms with Gasteiger partial charge >= 0.3 is 0 Å². The summed E-state index contributed by atoms with van der Waals surface area (Å²) in [6, 6.07) is 4.80. The zero-order chi connectivity index (χ0) is 13.2. The summed E-state index contributed by atoms with van der Waals surface area (Å²) in [5, 5.41) is 0. The Morgan fingerprint density at radius 2 is 2.26 bits per heavy atom. The minimum absolute atomic E-state index is 0.580. The van der Waals surface area contributed by atoms with Crippen LogP contribution in [0.2, 0.25) is 0 Å². The van der Waals surface area contributed by atoms with E-state index in [1.165, 1.54) is 25.8 Å². The lowest BCUT2D eigenvalue weighted by Crippen LogP contribution is -2.38. The SMILES string of the molecule is CN1CCCCC1Cc1ncc2ccc(CN)cn12. The summed E-state index contributed by atoms with van der Waals surface area (Å²) in [6.07, 6.45) is 9.05. The molecule has 0 saturated carbocycles. The number of hydrogen-bond donors (Lipinski definition) is 1. The Morgan fingerprint density at radius 1 is 1.37 bits per heavy atom. The average molecular weight is 258 g/mol. The Hall–Kier alpha value is -1.39. The highest BCUT2D eigenvalue weighted by atomic mass is 15.1. The second kappa shape index (κ2) is 5.31. The number of nitrogens with two attached hydrogens (primary N) is 1. The molecule has 4 nitrogen and oxygen atoms in total. The van der Waals surface area contributed by atoms with E-state index in [1.807, 2.05) is 6.20 Å². The molecule has 19 heavy (non-hydrogen) atoms. The van der Waals surface area contributed by atoms with E-state index < -0.39 is 0 Å². The zero-order valence-electron chi connectivity index (χ0n) is 11.5. The third kappa shape index (κ3) is 2.51. The van der Waals surface area contributed by atoms with Crippen molar-refractivity contribution in [2.75, 3.05) is 13.6 Å². The maximum Gasteiger partial charge on any atom is 0.114 e. The highest BCUT2D eigenvalue weighted by Crippen LogP contribution is 2.19. The zero-order valence-corrected chi connectivity index (χ0v) is 11.5. The van der Waals surface area contributed by atoms with Gasteiger partial charge in [0.15, 0.2) is 0 Å². The topological polar surface area (TPSA) is 46.6 Å². The van der Waals surface area contributed by atoms with Crippen LogP contribution < -0.4 is 5.73 Å². The van der Waals surface area contributed by atoms with E-state index in [2.05, 4.69) is 39.7 Å². The Kier molecular flexibility index (Phi) is 3.53. The van der Waals surface area contributed by atoms with E-state index in [0.717, 1.165) is 23.3 Å². The van der Waals surface area contributed by atoms with Gasteiger partial charge in [-0.2, -0.15) is 0 Å². The van der Waals surface area contributed by atoms with Crippen LogP contribution in [-0.2, 0) is 13.0 Å². The van der Waals surface area contributed by atoms with Crippen LogP contribution in [0.5, 0.6) is 0 Å². The fourth-order valence-corrected chi connectivity index (χ4v) is 2.97. The van der Waals surface area contributed by atoms with Crippen LogP contribution in [-0.4, -0.2) is 33.9 Å². The first kappa shape index (κ1) is 12.6. The molecule has 1 aliphatic rings. The number of nitrogens with zero attached hydrogens (tertiary/aromatic N) is 3. The van der Waals surface area contributed by atoms with Crippen LogP contribution in [0.15, 0.2) is 24.5 Å². The molecule has 0 bridgehead atoms. The normalized spacial score (nSPS) is 21.1. The van der Waals surface area contributed by atoms with Crippen molar-refractivity contribution in [3.8, 4) is 0 Å². The predicted molar refractivity (Wildman–Crippen MR) is 77.1 cm³/mol. The summed E-state index contributed by atoms with van der Waals surface area (Å²) in [5.41, 5.74) is 8.04. The van der Waals surface area contributed by atoms with Gasteiger partial charge in [0, 0.05) is 25.2 Å². The van der Waals surface area contributed by atoms with Gasteiger partial charge in [-0.05, 0) is 38.1 Å². The highest BCUT2D eigenvalue weighted by molar-refractivity contribution is 5.47. The van der Waals surface area contributed by atoms with E-state index in [0.29, 0.717) is 12.6 Å². The average Bonchev–Trinajstić information content (AvgIpc) is 2.84. The second-order valence-corrected chi connectivity index (χ2v) is 5.55. The van der Waals surface area contributed by atoms with E-state index >= 15 is 0 Å². The molecule has 1 saturated heterocycles. The number of piperidine rings is 1. The predicted octanol–water partition coefficient (Wildman–Crippen LogP) is 1.82. The van der Waals surface area contributed by atoms with Crippen molar-refractivity contribution in [2.45, 2.75) is 38.3 Å². The standard InChI is InChI=1S/C15H22N4/c1-18-7-3-2-4-13(18)8-15-17-10-14-6-5-12(9-16)11-19(14)15/h5-6,10-11,13H,2-4,7-9,16H2,1H3. The lowest BCUT2D eigenvalue weighted by molar-refractivity contribution is 0.182. The van der Waals surface area contributed by atoms with Gasteiger partial charge in [-0.1, -0.05) is 12.5 Å². The van der Waals surface area contributed by atoms with Gasteiger partial charge in [-0.15, -0.1) is 0 Å². The van der Waals surface area contributed by atoms with Crippen LogP contribution >= 0.6 is 0 Å². The molecule has 1 aliphatic heterocycles. The molecule has 0 aliphatic carbocycles. The van der Waals surface area contributed by atoms with Gasteiger partial charge in [-0.3, -0.25) is 0 Å². The van der Waals surface area contributed by atoms with Gasteiger partial charge in [0.25, 0.3) is 0 Å². The van der Waals surface area contributed by atoms with Gasteiger partial charge in [0.05, 0.1) is 11.7 Å². The van der Waals surface area contributed by atoms with Gasteiger partial charge < -0.3 is 15.0 Å². The van der Waals surface area contributed by atoms with Crippen LogP contribution in [0.1, 0.15) is 30.7 Å². The monoisotopic (exact) mass is 258 g/mol. The minimum atomic E-state index is 0.580. The maximum atomic E-state index is 5.72. The van der Waals surface area contributed by atoms with Crippen molar-refractivity contribution in [1.82, 2.24) is 14.3 Å². The van der Waals surface area contributed by atoms with Crippen LogP contribution in [0.4, 0.5) is 0 Å². The lowest BCUT2D eigenvalue weighted by atomic mass is 10.00. The van der Waals surface area contributed by atoms with Crippen molar-refractivity contribution in [3.63, 3.8) is 0 Å². The van der Waals surface area contributed by atoms with Gasteiger partial charge in [0.1, 0.15) is 5.82 Å². The molecule has 0 spiro atoms. The van der Waals surface area contributed by atoms with Gasteiger partial charge in [-0.25, -0.2) is 4.98 Å². The first-order chi connectivity index (χ1) is 9.28. The maximum absolute atomic E-state index is 5.72. The number of pyridine rings is 1. The van der Waals surface area contributed by atoms with Crippen LogP contribution in [0.25, 0.3) is 5.52 Å². The number of fused-ring (bicyclic) bond motifs is 1. The molecule has 0 aromatic carbocycles. The van der Waals surface area contributed by atoms with E-state index in [-0.39, 0.29) is 0 Å². The molecule has 102 valence electrons. The summed E-state index contributed by atoms with van der Waals surface area (Å²) in [6.45, 7) is 1.79. The number of hydrogen-bond acceptors (Lipinski definition) is 3. The fraction of sp³-hybridized carbons (Fsp3) is 0.533. The minimum Gasteiger partial charge on any atom is -0.326 e.